The van der Waals surface area contributed by atoms with Gasteiger partial charge in [-0.1, -0.05) is 32.0 Å². The second kappa shape index (κ2) is 8.98. The monoisotopic (exact) mass is 346 g/mol. The molecular weight excluding hydrogens is 328 g/mol. The molecular formula is C13H19BrN2O2S. The summed E-state index contributed by atoms with van der Waals surface area (Å²) in [5.74, 6) is -0.163. The average Bonchev–Trinajstić information content (AvgIpc) is 2.32. The van der Waals surface area contributed by atoms with Crippen LogP contribution in [0.2, 0.25) is 0 Å². The zero-order valence-electron chi connectivity index (χ0n) is 11.3. The van der Waals surface area contributed by atoms with Gasteiger partial charge in [-0.05, 0) is 30.3 Å². The number of benzene rings is 1. The molecule has 19 heavy (non-hydrogen) atoms. The number of esters is 1. The summed E-state index contributed by atoms with van der Waals surface area (Å²) in [7, 11) is 0. The van der Waals surface area contributed by atoms with Crippen LogP contribution < -0.4 is 5.73 Å². The first-order valence-electron chi connectivity index (χ1n) is 5.70. The molecule has 0 aliphatic rings. The van der Waals surface area contributed by atoms with E-state index >= 15 is 0 Å². The SMILES string of the molecule is Br.Cc1ccccc1/N=C(\N)SCOC(=O)C(C)C. The van der Waals surface area contributed by atoms with Gasteiger partial charge in [0.1, 0.15) is 5.94 Å². The van der Waals surface area contributed by atoms with E-state index in [1.54, 1.807) is 13.8 Å². The van der Waals surface area contributed by atoms with E-state index in [1.807, 2.05) is 31.2 Å². The maximum absolute atomic E-state index is 11.2. The van der Waals surface area contributed by atoms with Gasteiger partial charge in [0.25, 0.3) is 0 Å². The number of ether oxygens (including phenoxy) is 1. The summed E-state index contributed by atoms with van der Waals surface area (Å²) < 4.78 is 5.01. The third-order valence-corrected chi connectivity index (χ3v) is 2.85. The predicted octanol–water partition coefficient (Wildman–Crippen LogP) is 3.41. The van der Waals surface area contributed by atoms with Gasteiger partial charge in [-0.15, -0.1) is 17.0 Å². The van der Waals surface area contributed by atoms with Crippen molar-refractivity contribution in [2.24, 2.45) is 16.6 Å². The highest BCUT2D eigenvalue weighted by Gasteiger charge is 2.08. The minimum Gasteiger partial charge on any atom is -0.454 e. The van der Waals surface area contributed by atoms with Crippen molar-refractivity contribution in [3.8, 4) is 0 Å². The van der Waals surface area contributed by atoms with Crippen molar-refractivity contribution >= 4 is 45.6 Å². The molecule has 106 valence electrons. The number of para-hydroxylation sites is 1. The quantitative estimate of drug-likeness (QED) is 0.392. The number of carbonyl (C=O) groups excluding carboxylic acids is 1. The molecule has 0 aliphatic heterocycles. The number of carbonyl (C=O) groups is 1. The van der Waals surface area contributed by atoms with Crippen LogP contribution in [-0.2, 0) is 9.53 Å². The van der Waals surface area contributed by atoms with Crippen molar-refractivity contribution in [1.29, 1.82) is 0 Å². The van der Waals surface area contributed by atoms with Crippen LogP contribution >= 0.6 is 28.7 Å². The molecule has 1 aromatic rings. The van der Waals surface area contributed by atoms with Crippen LogP contribution in [0.15, 0.2) is 29.3 Å². The van der Waals surface area contributed by atoms with Gasteiger partial charge in [-0.25, -0.2) is 4.99 Å². The van der Waals surface area contributed by atoms with E-state index in [4.69, 9.17) is 10.5 Å². The summed E-state index contributed by atoms with van der Waals surface area (Å²) in [5, 5.41) is 0.390. The molecule has 1 aromatic carbocycles. The van der Waals surface area contributed by atoms with E-state index < -0.39 is 0 Å². The molecule has 2 N–H and O–H groups in total. The van der Waals surface area contributed by atoms with Gasteiger partial charge in [0.15, 0.2) is 5.17 Å². The molecule has 0 unspecified atom stereocenters. The van der Waals surface area contributed by atoms with E-state index in [-0.39, 0.29) is 34.8 Å². The number of aliphatic imine (C=N–C) groups is 1. The topological polar surface area (TPSA) is 64.7 Å². The highest BCUT2D eigenvalue weighted by molar-refractivity contribution is 8.93. The van der Waals surface area contributed by atoms with E-state index in [0.717, 1.165) is 11.3 Å². The fourth-order valence-electron chi connectivity index (χ4n) is 1.15. The highest BCUT2D eigenvalue weighted by atomic mass is 79.9. The Kier molecular flexibility index (Phi) is 8.51. The predicted molar refractivity (Wildman–Crippen MR) is 86.2 cm³/mol. The minimum absolute atomic E-state index is 0. The number of nitrogens with zero attached hydrogens (tertiary/aromatic N) is 1. The maximum Gasteiger partial charge on any atom is 0.309 e. The fraction of sp³-hybridized carbons (Fsp3) is 0.385. The number of nitrogens with two attached hydrogens (primary N) is 1. The van der Waals surface area contributed by atoms with Crippen LogP contribution in [0.3, 0.4) is 0 Å². The van der Waals surface area contributed by atoms with Crippen molar-refractivity contribution in [2.45, 2.75) is 20.8 Å². The van der Waals surface area contributed by atoms with Crippen molar-refractivity contribution in [3.63, 3.8) is 0 Å². The molecule has 0 radical (unpaired) electrons. The Morgan fingerprint density at radius 1 is 1.42 bits per heavy atom. The number of halogens is 1. The Balaban J connectivity index is 0.00000324. The second-order valence-electron chi connectivity index (χ2n) is 4.12. The first-order valence-corrected chi connectivity index (χ1v) is 6.68. The maximum atomic E-state index is 11.2. The Hall–Kier alpha value is -1.01. The van der Waals surface area contributed by atoms with Gasteiger partial charge >= 0.3 is 5.97 Å². The number of amidine groups is 1. The molecule has 0 bridgehead atoms. The van der Waals surface area contributed by atoms with Crippen LogP contribution in [0.1, 0.15) is 19.4 Å². The van der Waals surface area contributed by atoms with Crippen LogP contribution in [0.5, 0.6) is 0 Å². The van der Waals surface area contributed by atoms with E-state index in [0.29, 0.717) is 5.17 Å². The molecule has 0 saturated carbocycles. The summed E-state index contributed by atoms with van der Waals surface area (Å²) in [6.45, 7) is 5.55. The van der Waals surface area contributed by atoms with Gasteiger partial charge in [-0.2, -0.15) is 0 Å². The Labute approximate surface area is 128 Å². The zero-order chi connectivity index (χ0) is 13.5. The van der Waals surface area contributed by atoms with Crippen molar-refractivity contribution in [2.75, 3.05) is 5.94 Å². The van der Waals surface area contributed by atoms with E-state index in [2.05, 4.69) is 4.99 Å². The smallest absolute Gasteiger partial charge is 0.309 e. The van der Waals surface area contributed by atoms with Gasteiger partial charge in [0.05, 0.1) is 11.6 Å². The van der Waals surface area contributed by atoms with Gasteiger partial charge < -0.3 is 10.5 Å². The number of aryl methyl sites for hydroxylation is 1. The van der Waals surface area contributed by atoms with Gasteiger partial charge in [0.2, 0.25) is 0 Å². The van der Waals surface area contributed by atoms with Gasteiger partial charge in [0, 0.05) is 0 Å². The summed E-state index contributed by atoms with van der Waals surface area (Å²) >= 11 is 1.21. The van der Waals surface area contributed by atoms with Crippen LogP contribution in [0.25, 0.3) is 0 Å². The first kappa shape index (κ1) is 18.0. The highest BCUT2D eigenvalue weighted by Crippen LogP contribution is 2.18. The standard InChI is InChI=1S/C13H18N2O2S.BrH/c1-9(2)12(16)17-8-18-13(14)15-11-7-5-4-6-10(11)3;/h4-7,9H,8H2,1-3H3,(H2,14,15);1H. The molecule has 0 heterocycles. The number of thioether (sulfide) groups is 1. The molecule has 0 aromatic heterocycles. The fourth-order valence-corrected chi connectivity index (χ4v) is 1.61. The van der Waals surface area contributed by atoms with Crippen molar-refractivity contribution < 1.29 is 9.53 Å². The van der Waals surface area contributed by atoms with E-state index in [9.17, 15) is 4.79 Å². The molecule has 1 rings (SSSR count). The zero-order valence-corrected chi connectivity index (χ0v) is 13.8. The molecule has 0 spiro atoms. The van der Waals surface area contributed by atoms with Gasteiger partial charge in [-0.3, -0.25) is 4.79 Å². The lowest BCUT2D eigenvalue weighted by Gasteiger charge is -2.06. The first-order chi connectivity index (χ1) is 8.50. The minimum atomic E-state index is -0.230. The lowest BCUT2D eigenvalue weighted by molar-refractivity contribution is -0.144. The summed E-state index contributed by atoms with van der Waals surface area (Å²) in [5.41, 5.74) is 7.65. The van der Waals surface area contributed by atoms with Crippen molar-refractivity contribution in [1.82, 2.24) is 0 Å². The third kappa shape index (κ3) is 6.63. The Morgan fingerprint density at radius 2 is 2.05 bits per heavy atom. The molecule has 0 aliphatic carbocycles. The second-order valence-corrected chi connectivity index (χ2v) is 5.06. The van der Waals surface area contributed by atoms with Crippen LogP contribution in [0.4, 0.5) is 5.69 Å². The van der Waals surface area contributed by atoms with Crippen LogP contribution in [-0.4, -0.2) is 17.1 Å². The summed E-state index contributed by atoms with van der Waals surface area (Å²) in [4.78, 5) is 15.5. The lowest BCUT2D eigenvalue weighted by Crippen LogP contribution is -2.14. The number of rotatable bonds is 4. The molecule has 6 heteroatoms. The van der Waals surface area contributed by atoms with Crippen LogP contribution in [0, 0.1) is 12.8 Å². The molecule has 0 saturated heterocycles. The lowest BCUT2D eigenvalue weighted by atomic mass is 10.2. The molecule has 0 amide bonds. The number of hydrogen-bond acceptors (Lipinski definition) is 4. The molecule has 0 atom stereocenters. The summed E-state index contributed by atoms with van der Waals surface area (Å²) in [6, 6.07) is 7.71. The normalized spacial score (nSPS) is 11.1. The Morgan fingerprint density at radius 3 is 2.63 bits per heavy atom. The molecule has 4 nitrogen and oxygen atoms in total. The summed E-state index contributed by atoms with van der Waals surface area (Å²) in [6.07, 6.45) is 0. The van der Waals surface area contributed by atoms with E-state index in [1.165, 1.54) is 11.8 Å². The number of hydrogen-bond donors (Lipinski definition) is 1. The largest absolute Gasteiger partial charge is 0.454 e. The van der Waals surface area contributed by atoms with Crippen molar-refractivity contribution in [3.05, 3.63) is 29.8 Å². The average molecular weight is 347 g/mol. The Bertz CT molecular complexity index is 450. The molecule has 0 fully saturated rings. The third-order valence-electron chi connectivity index (χ3n) is 2.23.